The summed E-state index contributed by atoms with van der Waals surface area (Å²) in [6, 6.07) is 5.75. The van der Waals surface area contributed by atoms with Gasteiger partial charge < -0.3 is 29.5 Å². The van der Waals surface area contributed by atoms with Crippen molar-refractivity contribution in [3.05, 3.63) is 23.8 Å². The summed E-state index contributed by atoms with van der Waals surface area (Å²) in [4.78, 5) is 29.1. The van der Waals surface area contributed by atoms with Gasteiger partial charge in [0.25, 0.3) is 11.8 Å². The predicted octanol–water partition coefficient (Wildman–Crippen LogP) is -1.64. The third-order valence-electron chi connectivity index (χ3n) is 5.19. The number of hydrogen-bond acceptors (Lipinski definition) is 4. The van der Waals surface area contributed by atoms with E-state index in [1.54, 1.807) is 14.2 Å². The molecule has 1 fully saturated rings. The Hall–Kier alpha value is -2.32. The molecule has 1 aromatic rings. The van der Waals surface area contributed by atoms with E-state index in [0.717, 1.165) is 35.1 Å². The topological polar surface area (TPSA) is 76.8 Å². The third kappa shape index (κ3) is 7.50. The molecule has 3 N–H and O–H groups in total. The van der Waals surface area contributed by atoms with Crippen molar-refractivity contribution in [3.8, 4) is 11.5 Å². The van der Waals surface area contributed by atoms with Gasteiger partial charge in [0.15, 0.2) is 13.1 Å². The van der Waals surface area contributed by atoms with E-state index in [4.69, 9.17) is 9.47 Å². The molecule has 0 bridgehead atoms. The van der Waals surface area contributed by atoms with Crippen LogP contribution in [0.2, 0.25) is 0 Å². The normalized spacial score (nSPS) is 16.1. The first-order valence-electron chi connectivity index (χ1n) is 10.6. The predicted molar refractivity (Wildman–Crippen MR) is 115 cm³/mol. The van der Waals surface area contributed by atoms with Crippen LogP contribution >= 0.6 is 0 Å². The number of ether oxygens (including phenoxy) is 2. The van der Waals surface area contributed by atoms with Crippen LogP contribution in [-0.4, -0.2) is 82.8 Å². The van der Waals surface area contributed by atoms with Crippen LogP contribution in [0.5, 0.6) is 11.5 Å². The molecule has 1 atom stereocenters. The molecule has 2 rings (SSSR count). The lowest BCUT2D eigenvalue weighted by atomic mass is 10.1. The van der Waals surface area contributed by atoms with E-state index in [1.165, 1.54) is 4.90 Å². The number of piperazine rings is 1. The summed E-state index contributed by atoms with van der Waals surface area (Å²) < 4.78 is 10.7. The smallest absolute Gasteiger partial charge is 0.278 e. The van der Waals surface area contributed by atoms with Crippen LogP contribution in [0.1, 0.15) is 26.3 Å². The zero-order chi connectivity index (χ0) is 22.3. The van der Waals surface area contributed by atoms with Gasteiger partial charge >= 0.3 is 0 Å². The van der Waals surface area contributed by atoms with Gasteiger partial charge in [-0.2, -0.15) is 0 Å². The standard InChI is InChI=1S/C22H36N4O4/c1-22(2,3)23-20(27)15-25-9-11-26(12-10-25)21(28)16-24(4)14-17-7-8-18(29-5)13-19(17)30-6/h7-8,13H,9-12,14-16H2,1-6H3,(H,23,27)/p+2. The number of amides is 2. The Morgan fingerprint density at radius 3 is 2.40 bits per heavy atom. The number of rotatable bonds is 8. The maximum atomic E-state index is 12.7. The highest BCUT2D eigenvalue weighted by Gasteiger charge is 2.27. The third-order valence-corrected chi connectivity index (χ3v) is 5.19. The van der Waals surface area contributed by atoms with E-state index in [9.17, 15) is 9.59 Å². The van der Waals surface area contributed by atoms with Crippen molar-refractivity contribution in [1.29, 1.82) is 0 Å². The lowest BCUT2D eigenvalue weighted by Crippen LogP contribution is -3.16. The number of carbonyl (C=O) groups is 2. The molecule has 2 amide bonds. The van der Waals surface area contributed by atoms with E-state index < -0.39 is 0 Å². The van der Waals surface area contributed by atoms with Crippen LogP contribution in [0.15, 0.2) is 18.2 Å². The minimum Gasteiger partial charge on any atom is -0.497 e. The van der Waals surface area contributed by atoms with Crippen LogP contribution in [0.4, 0.5) is 0 Å². The van der Waals surface area contributed by atoms with Crippen LogP contribution in [0.25, 0.3) is 0 Å². The molecule has 168 valence electrons. The molecule has 1 aromatic carbocycles. The lowest BCUT2D eigenvalue weighted by molar-refractivity contribution is -0.897. The summed E-state index contributed by atoms with van der Waals surface area (Å²) in [7, 11) is 5.28. The van der Waals surface area contributed by atoms with Gasteiger partial charge in [-0.1, -0.05) is 0 Å². The van der Waals surface area contributed by atoms with Crippen LogP contribution in [0.3, 0.4) is 0 Å². The number of benzene rings is 1. The van der Waals surface area contributed by atoms with Gasteiger partial charge in [0.1, 0.15) is 18.0 Å². The van der Waals surface area contributed by atoms with E-state index in [-0.39, 0.29) is 17.4 Å². The summed E-state index contributed by atoms with van der Waals surface area (Å²) in [5, 5.41) is 3.00. The Balaban J connectivity index is 1.80. The van der Waals surface area contributed by atoms with Crippen molar-refractivity contribution in [1.82, 2.24) is 10.2 Å². The van der Waals surface area contributed by atoms with Gasteiger partial charge in [0, 0.05) is 17.2 Å². The molecule has 0 saturated carbocycles. The Labute approximate surface area is 180 Å². The van der Waals surface area contributed by atoms with Crippen LogP contribution < -0.4 is 24.6 Å². The van der Waals surface area contributed by atoms with Crippen molar-refractivity contribution in [3.63, 3.8) is 0 Å². The molecule has 1 aliphatic heterocycles. The van der Waals surface area contributed by atoms with Crippen LogP contribution in [-0.2, 0) is 16.1 Å². The number of nitrogens with zero attached hydrogens (tertiary/aromatic N) is 1. The molecule has 8 heteroatoms. The largest absolute Gasteiger partial charge is 0.497 e. The van der Waals surface area contributed by atoms with E-state index >= 15 is 0 Å². The van der Waals surface area contributed by atoms with Crippen molar-refractivity contribution < 1.29 is 28.9 Å². The fourth-order valence-corrected chi connectivity index (χ4v) is 3.69. The molecule has 1 unspecified atom stereocenters. The van der Waals surface area contributed by atoms with Crippen molar-refractivity contribution in [2.24, 2.45) is 0 Å². The molecule has 30 heavy (non-hydrogen) atoms. The minimum absolute atomic E-state index is 0.0647. The van der Waals surface area contributed by atoms with Gasteiger partial charge in [-0.25, -0.2) is 0 Å². The fraction of sp³-hybridized carbons (Fsp3) is 0.636. The average molecular weight is 423 g/mol. The van der Waals surface area contributed by atoms with E-state index in [1.807, 2.05) is 50.9 Å². The van der Waals surface area contributed by atoms with Gasteiger partial charge in [-0.3, -0.25) is 9.59 Å². The molecule has 1 aliphatic rings. The van der Waals surface area contributed by atoms with Crippen LogP contribution in [0, 0.1) is 0 Å². The molecule has 1 heterocycles. The molecule has 0 aromatic heterocycles. The second-order valence-electron chi connectivity index (χ2n) is 9.09. The SMILES string of the molecule is COc1ccc(C[NH+](C)CC(=O)N2CC[NH+](CC(=O)NC(C)(C)C)CC2)c(OC)c1. The Kier molecular flexibility index (Phi) is 8.49. The average Bonchev–Trinajstić information content (AvgIpc) is 2.67. The number of carbonyl (C=O) groups excluding carboxylic acids is 2. The first-order valence-corrected chi connectivity index (χ1v) is 10.6. The molecule has 0 radical (unpaired) electrons. The molecule has 0 aliphatic carbocycles. The highest BCUT2D eigenvalue weighted by molar-refractivity contribution is 5.78. The van der Waals surface area contributed by atoms with Gasteiger partial charge in [-0.05, 0) is 32.9 Å². The first-order chi connectivity index (χ1) is 14.1. The Bertz CT molecular complexity index is 724. The highest BCUT2D eigenvalue weighted by atomic mass is 16.5. The number of hydrogen-bond donors (Lipinski definition) is 3. The molecule has 8 nitrogen and oxygen atoms in total. The highest BCUT2D eigenvalue weighted by Crippen LogP contribution is 2.23. The molecular weight excluding hydrogens is 384 g/mol. The van der Waals surface area contributed by atoms with Crippen molar-refractivity contribution >= 4 is 11.8 Å². The van der Waals surface area contributed by atoms with Gasteiger partial charge in [-0.15, -0.1) is 0 Å². The second-order valence-corrected chi connectivity index (χ2v) is 9.09. The van der Waals surface area contributed by atoms with E-state index in [0.29, 0.717) is 32.7 Å². The molecule has 1 saturated heterocycles. The first kappa shape index (κ1) is 24.0. The zero-order valence-corrected chi connectivity index (χ0v) is 19.3. The zero-order valence-electron chi connectivity index (χ0n) is 19.3. The van der Waals surface area contributed by atoms with E-state index in [2.05, 4.69) is 5.32 Å². The summed E-state index contributed by atoms with van der Waals surface area (Å²) >= 11 is 0. The quantitative estimate of drug-likeness (QED) is 0.470. The number of methoxy groups -OCH3 is 2. The lowest BCUT2D eigenvalue weighted by Gasteiger charge is -2.32. The molecular formula is C22H38N4O4+2. The fourth-order valence-electron chi connectivity index (χ4n) is 3.69. The summed E-state index contributed by atoms with van der Waals surface area (Å²) in [6.07, 6.45) is 0. The van der Waals surface area contributed by atoms with Gasteiger partial charge in [0.2, 0.25) is 0 Å². The number of nitrogens with one attached hydrogen (secondary N) is 3. The summed E-state index contributed by atoms with van der Waals surface area (Å²) in [5.74, 6) is 1.74. The van der Waals surface area contributed by atoms with Crippen molar-refractivity contribution in [2.75, 3.05) is 60.5 Å². The molecule has 0 spiro atoms. The number of likely N-dealkylation sites (N-methyl/N-ethyl adjacent to an activating group) is 1. The maximum absolute atomic E-state index is 12.7. The summed E-state index contributed by atoms with van der Waals surface area (Å²) in [5.41, 5.74) is 0.830. The number of quaternary nitrogens is 2. The minimum atomic E-state index is -0.214. The summed E-state index contributed by atoms with van der Waals surface area (Å²) in [6.45, 7) is 10.5. The van der Waals surface area contributed by atoms with Crippen molar-refractivity contribution in [2.45, 2.75) is 32.9 Å². The second kappa shape index (κ2) is 10.6. The maximum Gasteiger partial charge on any atom is 0.278 e. The van der Waals surface area contributed by atoms with Gasteiger partial charge in [0.05, 0.1) is 47.4 Å². The Morgan fingerprint density at radius 2 is 1.83 bits per heavy atom. The Morgan fingerprint density at radius 1 is 1.17 bits per heavy atom. The monoisotopic (exact) mass is 422 g/mol.